The van der Waals surface area contributed by atoms with Crippen molar-refractivity contribution in [2.45, 2.75) is 38.0 Å². The number of nitrogens with zero attached hydrogens (tertiary/aromatic N) is 2. The molecule has 3 aromatic rings. The highest BCUT2D eigenvalue weighted by Gasteiger charge is 2.26. The van der Waals surface area contributed by atoms with Crippen LogP contribution >= 0.6 is 11.8 Å². The number of aromatic nitrogens is 2. The summed E-state index contributed by atoms with van der Waals surface area (Å²) in [5, 5.41) is 18.6. The summed E-state index contributed by atoms with van der Waals surface area (Å²) >= 11 is 1.12. The van der Waals surface area contributed by atoms with Gasteiger partial charge in [0.2, 0.25) is 11.6 Å². The van der Waals surface area contributed by atoms with Gasteiger partial charge in [0, 0.05) is 17.8 Å². The summed E-state index contributed by atoms with van der Waals surface area (Å²) in [7, 11) is 0. The van der Waals surface area contributed by atoms with E-state index in [4.69, 9.17) is 4.52 Å². The van der Waals surface area contributed by atoms with Gasteiger partial charge in [0.1, 0.15) is 0 Å². The molecule has 6 nitrogen and oxygen atoms in total. The van der Waals surface area contributed by atoms with Crippen molar-refractivity contribution in [3.05, 3.63) is 59.2 Å². The highest BCUT2D eigenvalue weighted by atomic mass is 32.2. The normalized spacial score (nSPS) is 12.0. The number of hydrogen-bond acceptors (Lipinski definition) is 5. The standard InChI is InChI=1S/C20H21N3O3S/c1-12-5-8-16(9-6-12)23-19(20(25)26-22-23)27-15(4)18(24)21-17-10-7-13(2)11-14(17)3/h5-11,15H,1-4H3,(H-,21,22,24,25). The maximum atomic E-state index is 12.6. The van der Waals surface area contributed by atoms with Gasteiger partial charge in [-0.3, -0.25) is 4.79 Å². The van der Waals surface area contributed by atoms with Gasteiger partial charge in [-0.1, -0.05) is 35.4 Å². The summed E-state index contributed by atoms with van der Waals surface area (Å²) in [4.78, 5) is 12.6. The van der Waals surface area contributed by atoms with Gasteiger partial charge in [-0.25, -0.2) is 0 Å². The molecule has 1 unspecified atom stereocenters. The summed E-state index contributed by atoms with van der Waals surface area (Å²) in [5.41, 5.74) is 4.69. The number of anilines is 1. The van der Waals surface area contributed by atoms with Crippen LogP contribution < -0.4 is 15.1 Å². The fraction of sp³-hybridized carbons (Fsp3) is 0.250. The first-order valence-corrected chi connectivity index (χ1v) is 9.44. The second-order valence-electron chi connectivity index (χ2n) is 6.48. The van der Waals surface area contributed by atoms with Gasteiger partial charge >= 0.3 is 0 Å². The van der Waals surface area contributed by atoms with Crippen molar-refractivity contribution in [1.82, 2.24) is 5.27 Å². The number of benzene rings is 2. The Balaban J connectivity index is 1.77. The quantitative estimate of drug-likeness (QED) is 0.541. The molecule has 2 aromatic carbocycles. The molecular formula is C20H21N3O3S. The molecule has 0 saturated heterocycles. The van der Waals surface area contributed by atoms with E-state index in [2.05, 4.69) is 10.6 Å². The fourth-order valence-electron chi connectivity index (χ4n) is 2.60. The number of amides is 1. The maximum absolute atomic E-state index is 12.6. The van der Waals surface area contributed by atoms with Gasteiger partial charge in [0.25, 0.3) is 5.03 Å². The lowest BCUT2D eigenvalue weighted by atomic mass is 10.1. The van der Waals surface area contributed by atoms with Crippen LogP contribution in [0.2, 0.25) is 0 Å². The molecule has 1 aromatic heterocycles. The lowest BCUT2D eigenvalue weighted by Gasteiger charge is -2.12. The van der Waals surface area contributed by atoms with Gasteiger partial charge in [-0.2, -0.15) is 0 Å². The van der Waals surface area contributed by atoms with Crippen LogP contribution in [0.5, 0.6) is 5.95 Å². The van der Waals surface area contributed by atoms with Crippen LogP contribution in [0.25, 0.3) is 5.69 Å². The lowest BCUT2D eigenvalue weighted by molar-refractivity contribution is -0.705. The number of aryl methyl sites for hydroxylation is 3. The van der Waals surface area contributed by atoms with E-state index >= 15 is 0 Å². The van der Waals surface area contributed by atoms with Crippen molar-refractivity contribution in [3.63, 3.8) is 0 Å². The molecule has 0 bridgehead atoms. The Hall–Kier alpha value is -2.80. The summed E-state index contributed by atoms with van der Waals surface area (Å²) in [6, 6.07) is 13.4. The van der Waals surface area contributed by atoms with Gasteiger partial charge in [0.15, 0.2) is 5.95 Å². The summed E-state index contributed by atoms with van der Waals surface area (Å²) in [6.45, 7) is 7.67. The van der Waals surface area contributed by atoms with Crippen molar-refractivity contribution >= 4 is 23.4 Å². The molecular weight excluding hydrogens is 362 g/mol. The first kappa shape index (κ1) is 19.0. The van der Waals surface area contributed by atoms with Gasteiger partial charge in [-0.05, 0) is 55.8 Å². The molecule has 0 aliphatic rings. The third-order valence-electron chi connectivity index (χ3n) is 4.15. The highest BCUT2D eigenvalue weighted by Crippen LogP contribution is 2.28. The van der Waals surface area contributed by atoms with Crippen LogP contribution in [0.3, 0.4) is 0 Å². The first-order valence-electron chi connectivity index (χ1n) is 8.56. The predicted octanol–water partition coefficient (Wildman–Crippen LogP) is 3.07. The fourth-order valence-corrected chi connectivity index (χ4v) is 3.47. The average molecular weight is 383 g/mol. The molecule has 140 valence electrons. The second kappa shape index (κ2) is 7.84. The molecule has 0 radical (unpaired) electrons. The molecule has 0 aliphatic heterocycles. The van der Waals surface area contributed by atoms with Crippen molar-refractivity contribution in [2.24, 2.45) is 0 Å². The van der Waals surface area contributed by atoms with E-state index < -0.39 is 11.2 Å². The Bertz CT molecular complexity index is 967. The van der Waals surface area contributed by atoms with E-state index in [-0.39, 0.29) is 10.9 Å². The number of rotatable bonds is 5. The van der Waals surface area contributed by atoms with Crippen LogP contribution in [-0.4, -0.2) is 16.4 Å². The topological polar surface area (TPSA) is 82.1 Å². The van der Waals surface area contributed by atoms with Crippen LogP contribution in [0.4, 0.5) is 5.69 Å². The highest BCUT2D eigenvalue weighted by molar-refractivity contribution is 8.00. The summed E-state index contributed by atoms with van der Waals surface area (Å²) in [5.74, 6) is -0.755. The molecule has 3 rings (SSSR count). The number of nitrogens with one attached hydrogen (secondary N) is 1. The SMILES string of the molecule is Cc1ccc(-[n+]2noc([O-])c2SC(C)C(=O)Nc2ccc(C)cc2C)cc1. The third-order valence-corrected chi connectivity index (χ3v) is 5.28. The monoisotopic (exact) mass is 383 g/mol. The molecule has 0 saturated carbocycles. The Morgan fingerprint density at radius 1 is 1.15 bits per heavy atom. The third kappa shape index (κ3) is 4.31. The Morgan fingerprint density at radius 3 is 2.48 bits per heavy atom. The molecule has 27 heavy (non-hydrogen) atoms. The zero-order valence-electron chi connectivity index (χ0n) is 15.6. The van der Waals surface area contributed by atoms with Crippen LogP contribution in [0.15, 0.2) is 52.0 Å². The molecule has 1 atom stereocenters. The second-order valence-corrected chi connectivity index (χ2v) is 7.81. The molecule has 1 N–H and O–H groups in total. The molecule has 0 aliphatic carbocycles. The Morgan fingerprint density at radius 2 is 1.81 bits per heavy atom. The van der Waals surface area contributed by atoms with Crippen LogP contribution in [-0.2, 0) is 4.79 Å². The van der Waals surface area contributed by atoms with Crippen LogP contribution in [0.1, 0.15) is 23.6 Å². The number of carbonyl (C=O) groups is 1. The molecule has 0 spiro atoms. The predicted molar refractivity (Wildman–Crippen MR) is 102 cm³/mol. The maximum Gasteiger partial charge on any atom is 0.298 e. The lowest BCUT2D eigenvalue weighted by Crippen LogP contribution is -2.36. The van der Waals surface area contributed by atoms with Gasteiger partial charge < -0.3 is 14.9 Å². The molecule has 7 heteroatoms. The van der Waals surface area contributed by atoms with Gasteiger partial charge in [0.05, 0.1) is 10.5 Å². The number of carbonyl (C=O) groups excluding carboxylic acids is 1. The zero-order valence-corrected chi connectivity index (χ0v) is 16.5. The average Bonchev–Trinajstić information content (AvgIpc) is 2.98. The zero-order chi connectivity index (χ0) is 19.6. The summed E-state index contributed by atoms with van der Waals surface area (Å²) in [6.07, 6.45) is 0. The van der Waals surface area contributed by atoms with E-state index in [0.29, 0.717) is 5.69 Å². The van der Waals surface area contributed by atoms with Crippen molar-refractivity contribution < 1.29 is 19.1 Å². The van der Waals surface area contributed by atoms with Crippen LogP contribution in [0, 0.1) is 20.8 Å². The smallest absolute Gasteiger partial charge is 0.298 e. The van der Waals surface area contributed by atoms with Gasteiger partial charge in [-0.15, -0.1) is 0 Å². The van der Waals surface area contributed by atoms with Crippen molar-refractivity contribution in [1.29, 1.82) is 0 Å². The Kier molecular flexibility index (Phi) is 5.51. The van der Waals surface area contributed by atoms with E-state index in [9.17, 15) is 9.90 Å². The minimum absolute atomic E-state index is 0.192. The van der Waals surface area contributed by atoms with E-state index in [1.165, 1.54) is 4.68 Å². The van der Waals surface area contributed by atoms with E-state index in [1.807, 2.05) is 63.2 Å². The summed E-state index contributed by atoms with van der Waals surface area (Å²) < 4.78 is 6.24. The van der Waals surface area contributed by atoms with Crippen molar-refractivity contribution in [2.75, 3.05) is 5.32 Å². The molecule has 0 fully saturated rings. The van der Waals surface area contributed by atoms with E-state index in [1.54, 1.807) is 6.92 Å². The number of hydrogen-bond donors (Lipinski definition) is 1. The minimum atomic E-state index is -0.563. The minimum Gasteiger partial charge on any atom is -0.538 e. The molecule has 1 amide bonds. The Labute approximate surface area is 162 Å². The van der Waals surface area contributed by atoms with E-state index in [0.717, 1.165) is 34.1 Å². The van der Waals surface area contributed by atoms with Crippen molar-refractivity contribution in [3.8, 4) is 11.6 Å². The molecule has 1 heterocycles. The largest absolute Gasteiger partial charge is 0.538 e. The first-order chi connectivity index (χ1) is 12.8. The number of thioether (sulfide) groups is 1.